The molecule has 0 atom stereocenters. The number of halogens is 1. The van der Waals surface area contributed by atoms with E-state index in [1.54, 1.807) is 24.3 Å². The van der Waals surface area contributed by atoms with E-state index in [9.17, 15) is 14.3 Å². The summed E-state index contributed by atoms with van der Waals surface area (Å²) >= 11 is 0. The van der Waals surface area contributed by atoms with Gasteiger partial charge in [-0.2, -0.15) is 0 Å². The van der Waals surface area contributed by atoms with Gasteiger partial charge in [0.05, 0.1) is 6.61 Å². The number of phenols is 1. The summed E-state index contributed by atoms with van der Waals surface area (Å²) in [5.74, 6) is -0.822. The first-order valence-electron chi connectivity index (χ1n) is 5.87. The Hall–Kier alpha value is -2.36. The predicted octanol–water partition coefficient (Wildman–Crippen LogP) is 3.41. The Kier molecular flexibility index (Phi) is 3.80. The number of carbonyl (C=O) groups is 1. The highest BCUT2D eigenvalue weighted by molar-refractivity contribution is 5.92. The van der Waals surface area contributed by atoms with Gasteiger partial charge in [0.2, 0.25) is 0 Å². The van der Waals surface area contributed by atoms with E-state index in [0.29, 0.717) is 24.2 Å². The molecular formula is C15H13FO3. The fourth-order valence-corrected chi connectivity index (χ4v) is 1.92. The molecule has 0 aliphatic carbocycles. The van der Waals surface area contributed by atoms with Gasteiger partial charge in [0.15, 0.2) is 17.9 Å². The zero-order chi connectivity index (χ0) is 13.8. The third-order valence-electron chi connectivity index (χ3n) is 2.74. The van der Waals surface area contributed by atoms with E-state index in [-0.39, 0.29) is 11.1 Å². The number of phenolic OH excluding ortho intramolecular Hbond substituents is 1. The Labute approximate surface area is 110 Å². The molecule has 0 aromatic heterocycles. The number of ether oxygens (including phenoxy) is 1. The van der Waals surface area contributed by atoms with Crippen molar-refractivity contribution in [2.45, 2.75) is 6.92 Å². The highest BCUT2D eigenvalue weighted by atomic mass is 19.1. The molecule has 0 aliphatic rings. The number of rotatable bonds is 4. The summed E-state index contributed by atoms with van der Waals surface area (Å²) < 4.78 is 18.9. The maximum atomic E-state index is 13.5. The molecule has 0 bridgehead atoms. The third-order valence-corrected chi connectivity index (χ3v) is 2.74. The van der Waals surface area contributed by atoms with E-state index in [2.05, 4.69) is 0 Å². The monoisotopic (exact) mass is 260 g/mol. The molecule has 4 heteroatoms. The lowest BCUT2D eigenvalue weighted by atomic mass is 9.98. The first-order valence-corrected chi connectivity index (χ1v) is 5.87. The van der Waals surface area contributed by atoms with Crippen LogP contribution in [0.2, 0.25) is 0 Å². The molecule has 0 fully saturated rings. The summed E-state index contributed by atoms with van der Waals surface area (Å²) in [6, 6.07) is 9.28. The SMILES string of the molecule is CCOc1ccccc1-c1c(C=O)ccc(F)c1O. The summed E-state index contributed by atoms with van der Waals surface area (Å²) in [5.41, 5.74) is 0.855. The van der Waals surface area contributed by atoms with Crippen molar-refractivity contribution in [1.29, 1.82) is 0 Å². The second kappa shape index (κ2) is 5.52. The number of aldehydes is 1. The smallest absolute Gasteiger partial charge is 0.165 e. The van der Waals surface area contributed by atoms with E-state index < -0.39 is 11.6 Å². The van der Waals surface area contributed by atoms with E-state index in [1.165, 1.54) is 6.07 Å². The molecule has 0 saturated heterocycles. The highest BCUT2D eigenvalue weighted by Gasteiger charge is 2.17. The summed E-state index contributed by atoms with van der Waals surface area (Å²) in [7, 11) is 0. The average Bonchev–Trinajstić information content (AvgIpc) is 2.43. The van der Waals surface area contributed by atoms with E-state index >= 15 is 0 Å². The minimum Gasteiger partial charge on any atom is -0.504 e. The van der Waals surface area contributed by atoms with Gasteiger partial charge in [-0.1, -0.05) is 18.2 Å². The second-order valence-electron chi connectivity index (χ2n) is 3.91. The predicted molar refractivity (Wildman–Crippen MR) is 70.1 cm³/mol. The van der Waals surface area contributed by atoms with Crippen LogP contribution in [0.25, 0.3) is 11.1 Å². The molecule has 0 spiro atoms. The van der Waals surface area contributed by atoms with E-state index in [4.69, 9.17) is 4.74 Å². The standard InChI is InChI=1S/C15H13FO3/c1-2-19-13-6-4-3-5-11(13)14-10(9-17)7-8-12(16)15(14)18/h3-9,18H,2H2,1H3. The lowest BCUT2D eigenvalue weighted by Crippen LogP contribution is -1.97. The number of hydrogen-bond donors (Lipinski definition) is 1. The van der Waals surface area contributed by atoms with Crippen molar-refractivity contribution in [3.63, 3.8) is 0 Å². The minimum atomic E-state index is -0.771. The van der Waals surface area contributed by atoms with Gasteiger partial charge in [0.1, 0.15) is 5.75 Å². The summed E-state index contributed by atoms with van der Waals surface area (Å²) in [4.78, 5) is 11.1. The van der Waals surface area contributed by atoms with Gasteiger partial charge in [0.25, 0.3) is 0 Å². The molecule has 0 saturated carbocycles. The number of para-hydroxylation sites is 1. The summed E-state index contributed by atoms with van der Waals surface area (Å²) in [6.07, 6.45) is 0.581. The fourth-order valence-electron chi connectivity index (χ4n) is 1.92. The van der Waals surface area contributed by atoms with Gasteiger partial charge in [-0.3, -0.25) is 4.79 Å². The number of benzene rings is 2. The maximum absolute atomic E-state index is 13.5. The molecule has 19 heavy (non-hydrogen) atoms. The average molecular weight is 260 g/mol. The Morgan fingerprint density at radius 1 is 1.26 bits per heavy atom. The lowest BCUT2D eigenvalue weighted by Gasteiger charge is -2.13. The molecule has 0 aliphatic heterocycles. The van der Waals surface area contributed by atoms with Gasteiger partial charge in [0, 0.05) is 16.7 Å². The molecule has 0 amide bonds. The van der Waals surface area contributed by atoms with E-state index in [1.807, 2.05) is 6.92 Å². The van der Waals surface area contributed by atoms with Gasteiger partial charge in [-0.05, 0) is 25.1 Å². The summed E-state index contributed by atoms with van der Waals surface area (Å²) in [6.45, 7) is 2.26. The second-order valence-corrected chi connectivity index (χ2v) is 3.91. The Morgan fingerprint density at radius 2 is 2.00 bits per heavy atom. The van der Waals surface area contributed by atoms with Gasteiger partial charge in [-0.25, -0.2) is 4.39 Å². The normalized spacial score (nSPS) is 10.2. The van der Waals surface area contributed by atoms with Gasteiger partial charge in [-0.15, -0.1) is 0 Å². The number of hydrogen-bond acceptors (Lipinski definition) is 3. The van der Waals surface area contributed by atoms with Crippen LogP contribution in [0.3, 0.4) is 0 Å². The molecule has 3 nitrogen and oxygen atoms in total. The van der Waals surface area contributed by atoms with Crippen molar-refractivity contribution in [3.05, 3.63) is 47.8 Å². The fraction of sp³-hybridized carbons (Fsp3) is 0.133. The molecule has 0 heterocycles. The molecule has 2 aromatic carbocycles. The van der Waals surface area contributed by atoms with Crippen LogP contribution >= 0.6 is 0 Å². The van der Waals surface area contributed by atoms with Gasteiger partial charge >= 0.3 is 0 Å². The Bertz CT molecular complexity index is 608. The molecular weight excluding hydrogens is 247 g/mol. The van der Waals surface area contributed by atoms with Crippen molar-refractivity contribution in [1.82, 2.24) is 0 Å². The number of aromatic hydroxyl groups is 1. The van der Waals surface area contributed by atoms with Crippen LogP contribution in [0, 0.1) is 5.82 Å². The topological polar surface area (TPSA) is 46.5 Å². The van der Waals surface area contributed by atoms with Gasteiger partial charge < -0.3 is 9.84 Å². The summed E-state index contributed by atoms with van der Waals surface area (Å²) in [5, 5.41) is 9.87. The van der Waals surface area contributed by atoms with Crippen molar-refractivity contribution in [2.75, 3.05) is 6.61 Å². The van der Waals surface area contributed by atoms with Crippen molar-refractivity contribution in [3.8, 4) is 22.6 Å². The zero-order valence-corrected chi connectivity index (χ0v) is 10.4. The molecule has 2 aromatic rings. The third kappa shape index (κ3) is 2.42. The zero-order valence-electron chi connectivity index (χ0n) is 10.4. The quantitative estimate of drug-likeness (QED) is 0.857. The largest absolute Gasteiger partial charge is 0.504 e. The van der Waals surface area contributed by atoms with Crippen LogP contribution < -0.4 is 4.74 Å². The van der Waals surface area contributed by atoms with Crippen LogP contribution in [0.5, 0.6) is 11.5 Å². The first-order chi connectivity index (χ1) is 9.19. The Morgan fingerprint density at radius 3 is 2.68 bits per heavy atom. The van der Waals surface area contributed by atoms with E-state index in [0.717, 1.165) is 6.07 Å². The molecule has 0 radical (unpaired) electrons. The highest BCUT2D eigenvalue weighted by Crippen LogP contribution is 2.39. The maximum Gasteiger partial charge on any atom is 0.165 e. The lowest BCUT2D eigenvalue weighted by molar-refractivity contribution is 0.112. The Balaban J connectivity index is 2.71. The van der Waals surface area contributed by atoms with Crippen molar-refractivity contribution in [2.24, 2.45) is 0 Å². The molecule has 1 N–H and O–H groups in total. The number of carbonyl (C=O) groups excluding carboxylic acids is 1. The van der Waals surface area contributed by atoms with Crippen LogP contribution in [-0.4, -0.2) is 18.0 Å². The molecule has 0 unspecified atom stereocenters. The molecule has 98 valence electrons. The van der Waals surface area contributed by atoms with Crippen LogP contribution in [-0.2, 0) is 0 Å². The first kappa shape index (κ1) is 13.1. The molecule has 2 rings (SSSR count). The van der Waals surface area contributed by atoms with Crippen molar-refractivity contribution >= 4 is 6.29 Å². The van der Waals surface area contributed by atoms with Crippen LogP contribution in [0.4, 0.5) is 4.39 Å². The van der Waals surface area contributed by atoms with Crippen molar-refractivity contribution < 1.29 is 19.0 Å². The minimum absolute atomic E-state index is 0.152. The van der Waals surface area contributed by atoms with Crippen LogP contribution in [0.1, 0.15) is 17.3 Å². The van der Waals surface area contributed by atoms with Crippen LogP contribution in [0.15, 0.2) is 36.4 Å².